The highest BCUT2D eigenvalue weighted by atomic mass is 16.5. The first-order valence-electron chi connectivity index (χ1n) is 7.05. The summed E-state index contributed by atoms with van der Waals surface area (Å²) in [5.41, 5.74) is -0.376. The second-order valence-electron chi connectivity index (χ2n) is 5.65. The topological polar surface area (TPSA) is 48.3 Å². The second-order valence-corrected chi connectivity index (χ2v) is 5.65. The van der Waals surface area contributed by atoms with Gasteiger partial charge in [-0.1, -0.05) is 0 Å². The molecule has 1 aliphatic heterocycles. The van der Waals surface area contributed by atoms with Gasteiger partial charge in [0, 0.05) is 19.1 Å². The number of nitrogens with one attached hydrogen (secondary N) is 1. The van der Waals surface area contributed by atoms with E-state index in [4.69, 9.17) is 4.74 Å². The van der Waals surface area contributed by atoms with Crippen LogP contribution in [0.15, 0.2) is 0 Å². The molecular formula is C14H27N3O. The summed E-state index contributed by atoms with van der Waals surface area (Å²) in [4.78, 5) is 2.45. The minimum Gasteiger partial charge on any atom is -0.379 e. The van der Waals surface area contributed by atoms with Crippen LogP contribution in [0.4, 0.5) is 0 Å². The number of nitrogens with zero attached hydrogens (tertiary/aromatic N) is 2. The highest BCUT2D eigenvalue weighted by Crippen LogP contribution is 2.14. The summed E-state index contributed by atoms with van der Waals surface area (Å²) in [5, 5.41) is 12.6. The lowest BCUT2D eigenvalue weighted by Crippen LogP contribution is -2.45. The van der Waals surface area contributed by atoms with Crippen molar-refractivity contribution < 1.29 is 4.74 Å². The van der Waals surface area contributed by atoms with Crippen LogP contribution in [0.25, 0.3) is 0 Å². The average molecular weight is 253 g/mol. The first-order valence-corrected chi connectivity index (χ1v) is 7.05. The number of morpholine rings is 1. The number of unbranched alkanes of at least 4 members (excludes halogenated alkanes) is 1. The maximum absolute atomic E-state index is 9.24. The molecule has 4 nitrogen and oxygen atoms in total. The van der Waals surface area contributed by atoms with Crippen molar-refractivity contribution >= 4 is 0 Å². The van der Waals surface area contributed by atoms with E-state index in [0.717, 1.165) is 52.1 Å². The van der Waals surface area contributed by atoms with Crippen molar-refractivity contribution in [3.8, 4) is 6.07 Å². The van der Waals surface area contributed by atoms with Crippen molar-refractivity contribution in [2.24, 2.45) is 0 Å². The number of nitriles is 1. The van der Waals surface area contributed by atoms with E-state index in [2.05, 4.69) is 30.1 Å². The molecule has 0 aromatic heterocycles. The third kappa shape index (κ3) is 5.81. The van der Waals surface area contributed by atoms with Gasteiger partial charge in [-0.3, -0.25) is 10.2 Å². The molecule has 18 heavy (non-hydrogen) atoms. The summed E-state index contributed by atoms with van der Waals surface area (Å²) in [6.07, 6.45) is 3.18. The Kier molecular flexibility index (Phi) is 6.62. The summed E-state index contributed by atoms with van der Waals surface area (Å²) in [6.45, 7) is 11.1. The lowest BCUT2D eigenvalue weighted by molar-refractivity contribution is 0.0370. The number of ether oxygens (including phenoxy) is 1. The Labute approximate surface area is 111 Å². The summed E-state index contributed by atoms with van der Waals surface area (Å²) in [6, 6.07) is 2.76. The molecule has 1 heterocycles. The monoisotopic (exact) mass is 253 g/mol. The minimum atomic E-state index is -0.376. The average Bonchev–Trinajstić information content (AvgIpc) is 2.35. The van der Waals surface area contributed by atoms with E-state index in [-0.39, 0.29) is 5.54 Å². The Morgan fingerprint density at radius 1 is 1.33 bits per heavy atom. The van der Waals surface area contributed by atoms with Gasteiger partial charge in [0.05, 0.1) is 19.3 Å². The van der Waals surface area contributed by atoms with Gasteiger partial charge in [-0.2, -0.15) is 5.26 Å². The van der Waals surface area contributed by atoms with Crippen LogP contribution >= 0.6 is 0 Å². The molecule has 0 aliphatic carbocycles. The van der Waals surface area contributed by atoms with Crippen LogP contribution in [0.5, 0.6) is 0 Å². The van der Waals surface area contributed by atoms with Gasteiger partial charge in [-0.25, -0.2) is 0 Å². The van der Waals surface area contributed by atoms with Crippen molar-refractivity contribution in [3.63, 3.8) is 0 Å². The molecule has 1 saturated heterocycles. The third-order valence-electron chi connectivity index (χ3n) is 3.36. The van der Waals surface area contributed by atoms with Crippen molar-refractivity contribution in [2.45, 2.75) is 51.6 Å². The van der Waals surface area contributed by atoms with Crippen LogP contribution in [0.3, 0.4) is 0 Å². The van der Waals surface area contributed by atoms with E-state index >= 15 is 0 Å². The van der Waals surface area contributed by atoms with E-state index in [9.17, 15) is 5.26 Å². The van der Waals surface area contributed by atoms with Gasteiger partial charge >= 0.3 is 0 Å². The Morgan fingerprint density at radius 3 is 2.56 bits per heavy atom. The normalized spacial score (nSPS) is 20.6. The Morgan fingerprint density at radius 2 is 2.00 bits per heavy atom. The molecule has 1 rings (SSSR count). The van der Waals surface area contributed by atoms with Gasteiger partial charge in [0.1, 0.15) is 5.54 Å². The first kappa shape index (κ1) is 15.4. The largest absolute Gasteiger partial charge is 0.379 e. The fourth-order valence-corrected chi connectivity index (χ4v) is 2.44. The molecule has 0 aromatic carbocycles. The third-order valence-corrected chi connectivity index (χ3v) is 3.36. The zero-order valence-corrected chi connectivity index (χ0v) is 12.0. The molecule has 1 aliphatic rings. The molecule has 1 atom stereocenters. The van der Waals surface area contributed by atoms with Crippen molar-refractivity contribution in [3.05, 3.63) is 0 Å². The number of hydrogen-bond donors (Lipinski definition) is 1. The molecule has 0 radical (unpaired) electrons. The van der Waals surface area contributed by atoms with Crippen LogP contribution in [0.1, 0.15) is 40.0 Å². The molecule has 4 heteroatoms. The predicted octanol–water partition coefficient (Wildman–Crippen LogP) is 1.77. The zero-order valence-electron chi connectivity index (χ0n) is 12.0. The summed E-state index contributed by atoms with van der Waals surface area (Å²) in [7, 11) is 0. The maximum atomic E-state index is 9.24. The maximum Gasteiger partial charge on any atom is 0.104 e. The lowest BCUT2D eigenvalue weighted by atomic mass is 9.95. The van der Waals surface area contributed by atoms with Gasteiger partial charge in [0.15, 0.2) is 0 Å². The lowest BCUT2D eigenvalue weighted by Gasteiger charge is -2.28. The smallest absolute Gasteiger partial charge is 0.104 e. The molecule has 1 N–H and O–H groups in total. The minimum absolute atomic E-state index is 0.355. The Bertz CT molecular complexity index is 269. The van der Waals surface area contributed by atoms with Crippen LogP contribution in [0.2, 0.25) is 0 Å². The molecule has 0 bridgehead atoms. The van der Waals surface area contributed by atoms with Gasteiger partial charge < -0.3 is 4.74 Å². The Balaban J connectivity index is 2.17. The Hall–Kier alpha value is -0.630. The van der Waals surface area contributed by atoms with Crippen LogP contribution in [-0.4, -0.2) is 49.3 Å². The predicted molar refractivity (Wildman–Crippen MR) is 73.4 cm³/mol. The van der Waals surface area contributed by atoms with E-state index < -0.39 is 0 Å². The highest BCUT2D eigenvalue weighted by Gasteiger charge is 2.23. The van der Waals surface area contributed by atoms with Crippen LogP contribution in [-0.2, 0) is 4.74 Å². The molecule has 1 unspecified atom stereocenters. The van der Waals surface area contributed by atoms with Crippen molar-refractivity contribution in [2.75, 3.05) is 32.8 Å². The fraction of sp³-hybridized carbons (Fsp3) is 0.929. The molecule has 0 aromatic rings. The first-order chi connectivity index (χ1) is 8.56. The molecule has 104 valence electrons. The standard InChI is InChI=1S/C14H27N3O/c1-13(2)16-14(3,12-15)6-4-5-7-17-8-10-18-11-9-17/h13,16H,4-11H2,1-3H3. The summed E-state index contributed by atoms with van der Waals surface area (Å²) in [5.74, 6) is 0. The van der Waals surface area contributed by atoms with E-state index in [1.807, 2.05) is 6.92 Å². The summed E-state index contributed by atoms with van der Waals surface area (Å²) < 4.78 is 5.33. The van der Waals surface area contributed by atoms with Gasteiger partial charge in [-0.05, 0) is 46.6 Å². The van der Waals surface area contributed by atoms with Crippen LogP contribution < -0.4 is 5.32 Å². The molecule has 0 amide bonds. The zero-order chi connectivity index (χ0) is 13.4. The second kappa shape index (κ2) is 7.73. The van der Waals surface area contributed by atoms with E-state index in [0.29, 0.717) is 6.04 Å². The molecular weight excluding hydrogens is 226 g/mol. The van der Waals surface area contributed by atoms with Gasteiger partial charge in [-0.15, -0.1) is 0 Å². The quantitative estimate of drug-likeness (QED) is 0.703. The number of rotatable bonds is 7. The van der Waals surface area contributed by atoms with Crippen LogP contribution in [0, 0.1) is 11.3 Å². The molecule has 0 spiro atoms. The van der Waals surface area contributed by atoms with Gasteiger partial charge in [0.25, 0.3) is 0 Å². The highest BCUT2D eigenvalue weighted by molar-refractivity contribution is 5.04. The fourth-order valence-electron chi connectivity index (χ4n) is 2.44. The van der Waals surface area contributed by atoms with E-state index in [1.165, 1.54) is 0 Å². The van der Waals surface area contributed by atoms with Crippen molar-refractivity contribution in [1.82, 2.24) is 10.2 Å². The molecule has 0 saturated carbocycles. The van der Waals surface area contributed by atoms with Gasteiger partial charge in [0.2, 0.25) is 0 Å². The SMILES string of the molecule is CC(C)NC(C)(C#N)CCCCN1CCOCC1. The molecule has 1 fully saturated rings. The van der Waals surface area contributed by atoms with E-state index in [1.54, 1.807) is 0 Å². The van der Waals surface area contributed by atoms with Crippen molar-refractivity contribution in [1.29, 1.82) is 5.26 Å². The summed E-state index contributed by atoms with van der Waals surface area (Å²) >= 11 is 0. The number of hydrogen-bond acceptors (Lipinski definition) is 4.